The molecule has 1 aromatic rings. The molecule has 1 N–H and O–H groups in total. The van der Waals surface area contributed by atoms with Crippen molar-refractivity contribution >= 4 is 16.0 Å². The minimum atomic E-state index is -3.76. The van der Waals surface area contributed by atoms with Crippen molar-refractivity contribution in [2.75, 3.05) is 20.2 Å². The van der Waals surface area contributed by atoms with E-state index in [4.69, 9.17) is 5.11 Å². The van der Waals surface area contributed by atoms with Crippen molar-refractivity contribution in [2.24, 2.45) is 0 Å². The van der Waals surface area contributed by atoms with E-state index in [1.54, 1.807) is 0 Å². The highest BCUT2D eigenvalue weighted by Gasteiger charge is 2.26. The van der Waals surface area contributed by atoms with E-state index in [-0.39, 0.29) is 23.7 Å². The number of carbonyl (C=O) groups excluding carboxylic acids is 1. The average Bonchev–Trinajstić information content (AvgIpc) is 2.38. The molecule has 19 heavy (non-hydrogen) atoms. The van der Waals surface area contributed by atoms with E-state index in [0.29, 0.717) is 6.42 Å². The van der Waals surface area contributed by atoms with Crippen LogP contribution in [0.5, 0.6) is 5.75 Å². The van der Waals surface area contributed by atoms with Crippen molar-refractivity contribution in [1.82, 2.24) is 4.31 Å². The molecule has 0 radical (unpaired) electrons. The lowest BCUT2D eigenvalue weighted by molar-refractivity contribution is -0.140. The molecule has 0 heterocycles. The summed E-state index contributed by atoms with van der Waals surface area (Å²) in [7, 11) is -2.56. The van der Waals surface area contributed by atoms with Crippen LogP contribution in [-0.4, -0.2) is 44.0 Å². The number of benzene rings is 1. The number of hydrogen-bond acceptors (Lipinski definition) is 5. The van der Waals surface area contributed by atoms with Crippen molar-refractivity contribution < 1.29 is 23.1 Å². The van der Waals surface area contributed by atoms with Gasteiger partial charge in [0.1, 0.15) is 12.3 Å². The van der Waals surface area contributed by atoms with E-state index in [9.17, 15) is 13.2 Å². The molecule has 0 aliphatic carbocycles. The average molecular weight is 287 g/mol. The first-order valence-corrected chi connectivity index (χ1v) is 7.21. The van der Waals surface area contributed by atoms with E-state index in [2.05, 4.69) is 4.74 Å². The maximum atomic E-state index is 12.3. The Hall–Kier alpha value is -1.60. The van der Waals surface area contributed by atoms with Gasteiger partial charge in [-0.2, -0.15) is 4.31 Å². The molecule has 0 saturated heterocycles. The second-order valence-corrected chi connectivity index (χ2v) is 5.85. The molecule has 1 rings (SSSR count). The number of nitrogens with zero attached hydrogens (tertiary/aromatic N) is 1. The number of methoxy groups -OCH3 is 1. The zero-order valence-corrected chi connectivity index (χ0v) is 11.7. The number of rotatable bonds is 6. The van der Waals surface area contributed by atoms with Gasteiger partial charge < -0.3 is 9.84 Å². The van der Waals surface area contributed by atoms with E-state index >= 15 is 0 Å². The van der Waals surface area contributed by atoms with Crippen LogP contribution in [0.15, 0.2) is 29.2 Å². The molecule has 1 aromatic carbocycles. The molecule has 7 heteroatoms. The Balaban J connectivity index is 3.05. The molecular weight excluding hydrogens is 270 g/mol. The SMILES string of the molecule is CCCN(CC(=O)OC)S(=O)(=O)c1ccc(O)cc1. The van der Waals surface area contributed by atoms with Gasteiger partial charge in [0.15, 0.2) is 0 Å². The number of ether oxygens (including phenoxy) is 1. The molecule has 0 bridgehead atoms. The maximum Gasteiger partial charge on any atom is 0.321 e. The van der Waals surface area contributed by atoms with Gasteiger partial charge in [0, 0.05) is 6.54 Å². The molecule has 0 atom stereocenters. The smallest absolute Gasteiger partial charge is 0.321 e. The molecule has 0 saturated carbocycles. The highest BCUT2D eigenvalue weighted by Crippen LogP contribution is 2.19. The van der Waals surface area contributed by atoms with Crippen LogP contribution in [-0.2, 0) is 19.6 Å². The number of carbonyl (C=O) groups is 1. The molecule has 0 fully saturated rings. The molecule has 0 unspecified atom stereocenters. The van der Waals surface area contributed by atoms with Crippen LogP contribution in [0.25, 0.3) is 0 Å². The summed E-state index contributed by atoms with van der Waals surface area (Å²) in [4.78, 5) is 11.3. The van der Waals surface area contributed by atoms with Gasteiger partial charge in [0.05, 0.1) is 12.0 Å². The number of esters is 1. The van der Waals surface area contributed by atoms with Gasteiger partial charge in [-0.25, -0.2) is 8.42 Å². The monoisotopic (exact) mass is 287 g/mol. The lowest BCUT2D eigenvalue weighted by Crippen LogP contribution is -2.36. The number of aromatic hydroxyl groups is 1. The molecule has 0 aliphatic heterocycles. The van der Waals surface area contributed by atoms with Gasteiger partial charge in [-0.1, -0.05) is 6.92 Å². The normalized spacial score (nSPS) is 11.5. The molecule has 0 aliphatic rings. The number of phenolic OH excluding ortho intramolecular Hbond substituents is 1. The fourth-order valence-electron chi connectivity index (χ4n) is 1.51. The topological polar surface area (TPSA) is 83.9 Å². The van der Waals surface area contributed by atoms with Crippen LogP contribution in [0.3, 0.4) is 0 Å². The largest absolute Gasteiger partial charge is 0.508 e. The summed E-state index contributed by atoms with van der Waals surface area (Å²) in [5.41, 5.74) is 0. The zero-order valence-electron chi connectivity index (χ0n) is 10.9. The molecule has 0 amide bonds. The van der Waals surface area contributed by atoms with Crippen LogP contribution >= 0.6 is 0 Å². The minimum absolute atomic E-state index is 0.0195. The van der Waals surface area contributed by atoms with Crippen LogP contribution in [0.2, 0.25) is 0 Å². The van der Waals surface area contributed by atoms with Crippen molar-refractivity contribution in [3.05, 3.63) is 24.3 Å². The third-order valence-electron chi connectivity index (χ3n) is 2.48. The van der Waals surface area contributed by atoms with Crippen molar-refractivity contribution in [1.29, 1.82) is 0 Å². The Kier molecular flexibility index (Phi) is 5.31. The Labute approximate surface area is 112 Å². The van der Waals surface area contributed by atoms with Gasteiger partial charge in [-0.15, -0.1) is 0 Å². The summed E-state index contributed by atoms with van der Waals surface area (Å²) < 4.78 is 30.2. The first kappa shape index (κ1) is 15.5. The van der Waals surface area contributed by atoms with Gasteiger partial charge in [0.25, 0.3) is 0 Å². The van der Waals surface area contributed by atoms with Gasteiger partial charge >= 0.3 is 5.97 Å². The maximum absolute atomic E-state index is 12.3. The predicted octanol–water partition coefficient (Wildman–Crippen LogP) is 0.966. The fraction of sp³-hybridized carbons (Fsp3) is 0.417. The third-order valence-corrected chi connectivity index (χ3v) is 4.34. The van der Waals surface area contributed by atoms with Crippen molar-refractivity contribution in [2.45, 2.75) is 18.2 Å². The Morgan fingerprint density at radius 3 is 2.37 bits per heavy atom. The van der Waals surface area contributed by atoms with Gasteiger partial charge in [-0.3, -0.25) is 4.79 Å². The third kappa shape index (κ3) is 3.93. The summed E-state index contributed by atoms with van der Waals surface area (Å²) in [6, 6.07) is 5.17. The Morgan fingerprint density at radius 2 is 1.89 bits per heavy atom. The van der Waals surface area contributed by atoms with Crippen LogP contribution in [0.1, 0.15) is 13.3 Å². The number of phenols is 1. The predicted molar refractivity (Wildman–Crippen MR) is 69.2 cm³/mol. The van der Waals surface area contributed by atoms with E-state index in [1.807, 2.05) is 6.92 Å². The highest BCUT2D eigenvalue weighted by molar-refractivity contribution is 7.89. The Morgan fingerprint density at radius 1 is 1.32 bits per heavy atom. The highest BCUT2D eigenvalue weighted by atomic mass is 32.2. The zero-order chi connectivity index (χ0) is 14.5. The molecule has 6 nitrogen and oxygen atoms in total. The Bertz CT molecular complexity index is 524. The van der Waals surface area contributed by atoms with Crippen molar-refractivity contribution in [3.63, 3.8) is 0 Å². The molecule has 0 aromatic heterocycles. The van der Waals surface area contributed by atoms with Crippen LogP contribution in [0.4, 0.5) is 0 Å². The lowest BCUT2D eigenvalue weighted by atomic mass is 10.3. The van der Waals surface area contributed by atoms with Crippen molar-refractivity contribution in [3.8, 4) is 5.75 Å². The second-order valence-electron chi connectivity index (χ2n) is 3.91. The summed E-state index contributed by atoms with van der Waals surface area (Å²) >= 11 is 0. The quantitative estimate of drug-likeness (QED) is 0.788. The fourth-order valence-corrected chi connectivity index (χ4v) is 2.99. The van der Waals surface area contributed by atoms with E-state index in [0.717, 1.165) is 4.31 Å². The second kappa shape index (κ2) is 6.53. The van der Waals surface area contributed by atoms with Crippen LogP contribution < -0.4 is 0 Å². The first-order chi connectivity index (χ1) is 8.91. The molecule has 0 spiro atoms. The lowest BCUT2D eigenvalue weighted by Gasteiger charge is -2.20. The van der Waals surface area contributed by atoms with Gasteiger partial charge in [-0.05, 0) is 30.7 Å². The summed E-state index contributed by atoms with van der Waals surface area (Å²) in [6.45, 7) is 1.71. The standard InChI is InChI=1S/C12H17NO5S/c1-3-8-13(9-12(15)18-2)19(16,17)11-6-4-10(14)5-7-11/h4-7,14H,3,8-9H2,1-2H3. The number of sulfonamides is 1. The van der Waals surface area contributed by atoms with E-state index in [1.165, 1.54) is 31.4 Å². The molecular formula is C12H17NO5S. The first-order valence-electron chi connectivity index (χ1n) is 5.77. The van der Waals surface area contributed by atoms with Crippen LogP contribution in [0, 0.1) is 0 Å². The number of hydrogen-bond donors (Lipinski definition) is 1. The summed E-state index contributed by atoms with van der Waals surface area (Å²) in [6.07, 6.45) is 0.578. The summed E-state index contributed by atoms with van der Waals surface area (Å²) in [5, 5.41) is 9.17. The van der Waals surface area contributed by atoms with E-state index < -0.39 is 16.0 Å². The minimum Gasteiger partial charge on any atom is -0.508 e. The van der Waals surface area contributed by atoms with Gasteiger partial charge in [0.2, 0.25) is 10.0 Å². The summed E-state index contributed by atoms with van der Waals surface area (Å²) in [5.74, 6) is -0.634. The molecule has 106 valence electrons.